The van der Waals surface area contributed by atoms with Gasteiger partial charge in [-0.25, -0.2) is 9.59 Å². The fraction of sp³-hybridized carbons (Fsp3) is 0.419. The van der Waals surface area contributed by atoms with Crippen molar-refractivity contribution in [2.45, 2.75) is 72.0 Å². The molecule has 3 amide bonds. The van der Waals surface area contributed by atoms with Crippen molar-refractivity contribution < 1.29 is 19.5 Å². The molecule has 3 aromatic rings. The molecule has 0 aliphatic carbocycles. The van der Waals surface area contributed by atoms with E-state index >= 15 is 0 Å². The van der Waals surface area contributed by atoms with E-state index in [2.05, 4.69) is 36.5 Å². The van der Waals surface area contributed by atoms with E-state index in [-0.39, 0.29) is 35.0 Å². The maximum atomic E-state index is 13.2. The molecule has 1 aliphatic rings. The maximum Gasteiger partial charge on any atom is 0.335 e. The second-order valence-electron chi connectivity index (χ2n) is 12.4. The van der Waals surface area contributed by atoms with Crippen LogP contribution in [0.2, 0.25) is 0 Å². The van der Waals surface area contributed by atoms with Gasteiger partial charge >= 0.3 is 12.0 Å². The molecule has 0 radical (unpaired) electrons. The van der Waals surface area contributed by atoms with Gasteiger partial charge in [0.1, 0.15) is 5.69 Å². The highest BCUT2D eigenvalue weighted by molar-refractivity contribution is 5.93. The van der Waals surface area contributed by atoms with E-state index in [9.17, 15) is 19.5 Å². The molecule has 3 N–H and O–H groups in total. The predicted octanol–water partition coefficient (Wildman–Crippen LogP) is 4.88. The number of carboxylic acids is 1. The standard InChI is InChI=1S/C31H39N5O4/c1-30(2,3)26-16-25(35(7)34-26)27(37)32-17-21-11-12-22(19-9-8-10-20(15-19)28(38)39)23-13-14-36(18-24(21)23)29(40)33-31(4,5)6/h8-12,15-16H,13-14,17-18H2,1-7H3,(H,32,37)(H,33,40)(H,38,39). The van der Waals surface area contributed by atoms with Crippen molar-refractivity contribution in [2.24, 2.45) is 7.05 Å². The third-order valence-corrected chi connectivity index (χ3v) is 7.02. The summed E-state index contributed by atoms with van der Waals surface area (Å²) in [4.78, 5) is 39.6. The van der Waals surface area contributed by atoms with Gasteiger partial charge in [-0.3, -0.25) is 9.48 Å². The summed E-state index contributed by atoms with van der Waals surface area (Å²) in [5.74, 6) is -1.21. The van der Waals surface area contributed by atoms with E-state index in [4.69, 9.17) is 0 Å². The van der Waals surface area contributed by atoms with Crippen LogP contribution < -0.4 is 10.6 Å². The number of aryl methyl sites for hydroxylation is 1. The highest BCUT2D eigenvalue weighted by Gasteiger charge is 2.28. The lowest BCUT2D eigenvalue weighted by molar-refractivity contribution is 0.0696. The third-order valence-electron chi connectivity index (χ3n) is 7.02. The van der Waals surface area contributed by atoms with Crippen LogP contribution in [-0.4, -0.2) is 49.8 Å². The number of carbonyl (C=O) groups excluding carboxylic acids is 2. The van der Waals surface area contributed by atoms with E-state index < -0.39 is 5.97 Å². The smallest absolute Gasteiger partial charge is 0.335 e. The number of hydrogen-bond donors (Lipinski definition) is 3. The normalized spacial score (nSPS) is 13.5. The number of rotatable bonds is 5. The molecule has 40 heavy (non-hydrogen) atoms. The Hall–Kier alpha value is -4.14. The summed E-state index contributed by atoms with van der Waals surface area (Å²) in [5.41, 5.74) is 5.66. The van der Waals surface area contributed by atoms with Crippen LogP contribution in [0.3, 0.4) is 0 Å². The molecule has 0 unspecified atom stereocenters. The fourth-order valence-electron chi connectivity index (χ4n) is 4.88. The molecule has 0 fully saturated rings. The summed E-state index contributed by atoms with van der Waals surface area (Å²) in [7, 11) is 1.76. The molecule has 9 nitrogen and oxygen atoms in total. The molecular formula is C31H39N5O4. The van der Waals surface area contributed by atoms with Crippen LogP contribution in [0.4, 0.5) is 4.79 Å². The largest absolute Gasteiger partial charge is 0.478 e. The second kappa shape index (κ2) is 10.8. The first kappa shape index (κ1) is 28.9. The average molecular weight is 546 g/mol. The zero-order valence-electron chi connectivity index (χ0n) is 24.4. The summed E-state index contributed by atoms with van der Waals surface area (Å²) in [5, 5.41) is 20.1. The Balaban J connectivity index is 1.67. The van der Waals surface area contributed by atoms with Crippen LogP contribution in [0.1, 0.15) is 84.8 Å². The molecule has 1 aliphatic heterocycles. The number of nitrogens with zero attached hydrogens (tertiary/aromatic N) is 3. The highest BCUT2D eigenvalue weighted by atomic mass is 16.4. The Morgan fingerprint density at radius 3 is 2.35 bits per heavy atom. The van der Waals surface area contributed by atoms with Crippen molar-refractivity contribution >= 4 is 17.9 Å². The van der Waals surface area contributed by atoms with E-state index in [1.807, 2.05) is 45.0 Å². The zero-order chi connectivity index (χ0) is 29.4. The summed E-state index contributed by atoms with van der Waals surface area (Å²) >= 11 is 0. The van der Waals surface area contributed by atoms with Crippen molar-refractivity contribution in [2.75, 3.05) is 6.54 Å². The molecule has 4 rings (SSSR count). The van der Waals surface area contributed by atoms with Crippen LogP contribution in [-0.2, 0) is 32.0 Å². The van der Waals surface area contributed by atoms with E-state index in [0.717, 1.165) is 33.5 Å². The van der Waals surface area contributed by atoms with Crippen LogP contribution in [0.25, 0.3) is 11.1 Å². The van der Waals surface area contributed by atoms with Crippen LogP contribution in [0.15, 0.2) is 42.5 Å². The number of fused-ring (bicyclic) bond motifs is 1. The zero-order valence-corrected chi connectivity index (χ0v) is 24.4. The number of benzene rings is 2. The van der Waals surface area contributed by atoms with Crippen molar-refractivity contribution in [3.63, 3.8) is 0 Å². The van der Waals surface area contributed by atoms with Crippen LogP contribution in [0.5, 0.6) is 0 Å². The third kappa shape index (κ3) is 6.35. The number of carboxylic acid groups (broad SMARTS) is 1. The molecule has 2 aromatic carbocycles. The van der Waals surface area contributed by atoms with Gasteiger partial charge in [-0.1, -0.05) is 45.0 Å². The molecule has 2 heterocycles. The van der Waals surface area contributed by atoms with Crippen molar-refractivity contribution in [1.29, 1.82) is 0 Å². The lowest BCUT2D eigenvalue weighted by atomic mass is 9.87. The Morgan fingerprint density at radius 2 is 1.73 bits per heavy atom. The highest BCUT2D eigenvalue weighted by Crippen LogP contribution is 2.33. The van der Waals surface area contributed by atoms with Crippen molar-refractivity contribution in [1.82, 2.24) is 25.3 Å². The van der Waals surface area contributed by atoms with E-state index in [1.165, 1.54) is 0 Å². The fourth-order valence-corrected chi connectivity index (χ4v) is 4.88. The Morgan fingerprint density at radius 1 is 1.00 bits per heavy atom. The molecule has 0 bridgehead atoms. The van der Waals surface area contributed by atoms with Gasteiger partial charge in [0.2, 0.25) is 0 Å². The Labute approximate surface area is 235 Å². The van der Waals surface area contributed by atoms with Gasteiger partial charge in [0.15, 0.2) is 0 Å². The Kier molecular flexibility index (Phi) is 7.78. The van der Waals surface area contributed by atoms with Crippen molar-refractivity contribution in [3.05, 3.63) is 76.1 Å². The molecule has 0 atom stereocenters. The van der Waals surface area contributed by atoms with E-state index in [0.29, 0.717) is 25.2 Å². The monoisotopic (exact) mass is 545 g/mol. The van der Waals surface area contributed by atoms with Crippen LogP contribution in [0, 0.1) is 0 Å². The molecule has 0 saturated heterocycles. The molecule has 0 spiro atoms. The predicted molar refractivity (Wildman–Crippen MR) is 154 cm³/mol. The van der Waals surface area contributed by atoms with Crippen LogP contribution >= 0.6 is 0 Å². The number of aromatic nitrogens is 2. The number of carbonyl (C=O) groups is 3. The SMILES string of the molecule is Cn1nc(C(C)(C)C)cc1C(=O)NCc1ccc(-c2cccc(C(=O)O)c2)c2c1CN(C(=O)NC(C)(C)C)CC2. The number of nitrogens with one attached hydrogen (secondary N) is 2. The summed E-state index contributed by atoms with van der Waals surface area (Å²) in [6.07, 6.45) is 0.609. The minimum absolute atomic E-state index is 0.143. The lowest BCUT2D eigenvalue weighted by Crippen LogP contribution is -2.50. The quantitative estimate of drug-likeness (QED) is 0.423. The molecule has 0 saturated carbocycles. The number of aromatic carboxylic acids is 1. The van der Waals surface area contributed by atoms with Gasteiger partial charge < -0.3 is 20.6 Å². The second-order valence-corrected chi connectivity index (χ2v) is 12.4. The minimum Gasteiger partial charge on any atom is -0.478 e. The topological polar surface area (TPSA) is 117 Å². The first-order valence-corrected chi connectivity index (χ1v) is 13.5. The summed E-state index contributed by atoms with van der Waals surface area (Å²) < 4.78 is 1.60. The van der Waals surface area contributed by atoms with Crippen molar-refractivity contribution in [3.8, 4) is 11.1 Å². The molecule has 1 aromatic heterocycles. The summed E-state index contributed by atoms with van der Waals surface area (Å²) in [6.45, 7) is 13.2. The van der Waals surface area contributed by atoms with Gasteiger partial charge in [-0.15, -0.1) is 0 Å². The van der Waals surface area contributed by atoms with E-state index in [1.54, 1.807) is 34.8 Å². The average Bonchev–Trinajstić information content (AvgIpc) is 3.28. The van der Waals surface area contributed by atoms with Gasteiger partial charge in [0.25, 0.3) is 5.91 Å². The number of amides is 3. The minimum atomic E-state index is -0.982. The summed E-state index contributed by atoms with van der Waals surface area (Å²) in [6, 6.07) is 12.5. The Bertz CT molecular complexity index is 1460. The van der Waals surface area contributed by atoms with Gasteiger partial charge in [-0.2, -0.15) is 5.10 Å². The number of hydrogen-bond acceptors (Lipinski definition) is 4. The lowest BCUT2D eigenvalue weighted by Gasteiger charge is -2.34. The molecule has 212 valence electrons. The van der Waals surface area contributed by atoms with Gasteiger partial charge in [0, 0.05) is 37.6 Å². The molecular weight excluding hydrogens is 506 g/mol. The van der Waals surface area contributed by atoms with Gasteiger partial charge in [-0.05, 0) is 73.2 Å². The molecule has 9 heteroatoms. The van der Waals surface area contributed by atoms with Gasteiger partial charge in [0.05, 0.1) is 11.3 Å². The first-order chi connectivity index (χ1) is 18.6. The first-order valence-electron chi connectivity index (χ1n) is 13.5. The number of urea groups is 1. The maximum absolute atomic E-state index is 13.2.